The van der Waals surface area contributed by atoms with E-state index in [1.54, 1.807) is 25.2 Å². The Morgan fingerprint density at radius 2 is 2.14 bits per heavy atom. The molecule has 0 unspecified atom stereocenters. The van der Waals surface area contributed by atoms with E-state index in [1.807, 2.05) is 22.9 Å². The van der Waals surface area contributed by atoms with Gasteiger partial charge in [-0.3, -0.25) is 9.59 Å². The zero-order valence-electron chi connectivity index (χ0n) is 11.8. The van der Waals surface area contributed by atoms with Gasteiger partial charge >= 0.3 is 5.97 Å². The molecule has 0 saturated carbocycles. The molecule has 0 aliphatic rings. The summed E-state index contributed by atoms with van der Waals surface area (Å²) in [6.07, 6.45) is 0.0428. The summed E-state index contributed by atoms with van der Waals surface area (Å²) in [4.78, 5) is 28.2. The van der Waals surface area contributed by atoms with Crippen molar-refractivity contribution in [3.8, 4) is 9.88 Å². The highest BCUT2D eigenvalue weighted by Crippen LogP contribution is 2.27. The van der Waals surface area contributed by atoms with Crippen molar-refractivity contribution in [2.24, 2.45) is 0 Å². The van der Waals surface area contributed by atoms with E-state index in [-0.39, 0.29) is 18.7 Å². The molecule has 0 spiro atoms. The van der Waals surface area contributed by atoms with Gasteiger partial charge in [0.05, 0.1) is 23.4 Å². The molecule has 7 heteroatoms. The molecule has 21 heavy (non-hydrogen) atoms. The molecule has 0 fully saturated rings. The second-order valence-corrected chi connectivity index (χ2v) is 7.11. The third-order valence-corrected chi connectivity index (χ3v) is 4.63. The highest BCUT2D eigenvalue weighted by atomic mass is 32.1. The minimum absolute atomic E-state index is 0.115. The van der Waals surface area contributed by atoms with Gasteiger partial charge in [0.1, 0.15) is 5.01 Å². The summed E-state index contributed by atoms with van der Waals surface area (Å²) in [6, 6.07) is 3.95. The standard InChI is InChI=1S/C14H16N2O3S2/c1-14(2,7-12(18)19)16-11(17)6-9-8-21-13(15-9)10-4-3-5-20-10/h3-5,8H,6-7H2,1-2H3,(H,16,17)(H,18,19). The number of hydrogen-bond acceptors (Lipinski definition) is 5. The summed E-state index contributed by atoms with van der Waals surface area (Å²) < 4.78 is 0. The zero-order chi connectivity index (χ0) is 15.5. The fourth-order valence-corrected chi connectivity index (χ4v) is 3.54. The number of aliphatic carboxylic acids is 1. The predicted octanol–water partition coefficient (Wildman–Crippen LogP) is 2.78. The molecule has 0 bridgehead atoms. The maximum atomic E-state index is 12.0. The molecule has 5 nitrogen and oxygen atoms in total. The Kier molecular flexibility index (Phi) is 4.74. The van der Waals surface area contributed by atoms with E-state index in [0.29, 0.717) is 5.69 Å². The number of carbonyl (C=O) groups is 2. The maximum Gasteiger partial charge on any atom is 0.305 e. The van der Waals surface area contributed by atoms with Crippen LogP contribution in [0.15, 0.2) is 22.9 Å². The number of nitrogens with one attached hydrogen (secondary N) is 1. The predicted molar refractivity (Wildman–Crippen MR) is 83.6 cm³/mol. The van der Waals surface area contributed by atoms with Gasteiger partial charge in [-0.15, -0.1) is 22.7 Å². The Morgan fingerprint density at radius 3 is 2.76 bits per heavy atom. The lowest BCUT2D eigenvalue weighted by molar-refractivity contribution is -0.138. The Hall–Kier alpha value is -1.73. The van der Waals surface area contributed by atoms with E-state index in [4.69, 9.17) is 5.11 Å². The lowest BCUT2D eigenvalue weighted by atomic mass is 10.0. The normalized spacial score (nSPS) is 11.3. The van der Waals surface area contributed by atoms with Crippen LogP contribution >= 0.6 is 22.7 Å². The van der Waals surface area contributed by atoms with E-state index in [0.717, 1.165) is 9.88 Å². The van der Waals surface area contributed by atoms with Gasteiger partial charge in [-0.05, 0) is 25.3 Å². The van der Waals surface area contributed by atoms with Crippen LogP contribution in [0.3, 0.4) is 0 Å². The molecular weight excluding hydrogens is 308 g/mol. The van der Waals surface area contributed by atoms with Crippen LogP contribution in [-0.2, 0) is 16.0 Å². The highest BCUT2D eigenvalue weighted by Gasteiger charge is 2.24. The van der Waals surface area contributed by atoms with Gasteiger partial charge in [-0.2, -0.15) is 0 Å². The van der Waals surface area contributed by atoms with Crippen molar-refractivity contribution in [2.75, 3.05) is 0 Å². The van der Waals surface area contributed by atoms with Crippen molar-refractivity contribution in [2.45, 2.75) is 32.2 Å². The van der Waals surface area contributed by atoms with Crippen LogP contribution in [0.4, 0.5) is 0 Å². The number of aromatic nitrogens is 1. The lowest BCUT2D eigenvalue weighted by Crippen LogP contribution is -2.45. The molecule has 2 aromatic rings. The minimum atomic E-state index is -0.936. The second kappa shape index (κ2) is 6.36. The molecule has 2 rings (SSSR count). The molecule has 0 aliphatic carbocycles. The number of amides is 1. The van der Waals surface area contributed by atoms with Crippen molar-refractivity contribution >= 4 is 34.6 Å². The Bertz CT molecular complexity index is 632. The smallest absolute Gasteiger partial charge is 0.305 e. The van der Waals surface area contributed by atoms with Gasteiger partial charge in [0.15, 0.2) is 0 Å². The van der Waals surface area contributed by atoms with E-state index in [9.17, 15) is 9.59 Å². The van der Waals surface area contributed by atoms with E-state index in [1.165, 1.54) is 11.3 Å². The quantitative estimate of drug-likeness (QED) is 0.856. The Morgan fingerprint density at radius 1 is 1.38 bits per heavy atom. The minimum Gasteiger partial charge on any atom is -0.481 e. The Labute approximate surface area is 130 Å². The van der Waals surface area contributed by atoms with Crippen molar-refractivity contribution in [3.63, 3.8) is 0 Å². The second-order valence-electron chi connectivity index (χ2n) is 5.30. The van der Waals surface area contributed by atoms with E-state index >= 15 is 0 Å². The number of carbonyl (C=O) groups excluding carboxylic acids is 1. The van der Waals surface area contributed by atoms with Crippen LogP contribution in [0.2, 0.25) is 0 Å². The van der Waals surface area contributed by atoms with Gasteiger partial charge in [0.2, 0.25) is 5.91 Å². The number of hydrogen-bond donors (Lipinski definition) is 2. The summed E-state index contributed by atoms with van der Waals surface area (Å²) >= 11 is 3.11. The SMILES string of the molecule is CC(C)(CC(=O)O)NC(=O)Cc1csc(-c2cccs2)n1. The molecule has 0 atom stereocenters. The number of rotatable bonds is 6. The lowest BCUT2D eigenvalue weighted by Gasteiger charge is -2.24. The largest absolute Gasteiger partial charge is 0.481 e. The number of thiophene rings is 1. The Balaban J connectivity index is 1.96. The highest BCUT2D eigenvalue weighted by molar-refractivity contribution is 7.20. The molecule has 0 aromatic carbocycles. The monoisotopic (exact) mass is 324 g/mol. The molecule has 112 valence electrons. The first-order valence-corrected chi connectivity index (χ1v) is 8.13. The summed E-state index contributed by atoms with van der Waals surface area (Å²) in [5.74, 6) is -1.15. The van der Waals surface area contributed by atoms with Crippen LogP contribution in [0.5, 0.6) is 0 Å². The number of carboxylic acids is 1. The van der Waals surface area contributed by atoms with Crippen molar-refractivity contribution < 1.29 is 14.7 Å². The molecule has 2 aromatic heterocycles. The van der Waals surface area contributed by atoms with Crippen LogP contribution < -0.4 is 5.32 Å². The first-order chi connectivity index (χ1) is 9.85. The summed E-state index contributed by atoms with van der Waals surface area (Å²) in [6.45, 7) is 3.38. The van der Waals surface area contributed by atoms with E-state index < -0.39 is 11.5 Å². The number of thiazole rings is 1. The third kappa shape index (κ3) is 4.64. The first kappa shape index (κ1) is 15.7. The van der Waals surface area contributed by atoms with Crippen molar-refractivity contribution in [1.82, 2.24) is 10.3 Å². The molecule has 0 saturated heterocycles. The average Bonchev–Trinajstić information content (AvgIpc) is 2.94. The van der Waals surface area contributed by atoms with Crippen LogP contribution in [0.25, 0.3) is 9.88 Å². The first-order valence-electron chi connectivity index (χ1n) is 6.37. The van der Waals surface area contributed by atoms with Gasteiger partial charge in [-0.25, -0.2) is 4.98 Å². The number of carboxylic acid groups (broad SMARTS) is 1. The van der Waals surface area contributed by atoms with Gasteiger partial charge < -0.3 is 10.4 Å². The van der Waals surface area contributed by atoms with Gasteiger partial charge in [-0.1, -0.05) is 6.07 Å². The molecule has 0 aliphatic heterocycles. The van der Waals surface area contributed by atoms with Crippen molar-refractivity contribution in [1.29, 1.82) is 0 Å². The zero-order valence-corrected chi connectivity index (χ0v) is 13.4. The summed E-state index contributed by atoms with van der Waals surface area (Å²) in [5.41, 5.74) is -0.0674. The maximum absolute atomic E-state index is 12.0. The molecule has 1 amide bonds. The molecule has 2 heterocycles. The third-order valence-electron chi connectivity index (χ3n) is 2.70. The van der Waals surface area contributed by atoms with Crippen LogP contribution in [0.1, 0.15) is 26.0 Å². The van der Waals surface area contributed by atoms with Crippen LogP contribution in [-0.4, -0.2) is 27.5 Å². The molecule has 0 radical (unpaired) electrons. The summed E-state index contributed by atoms with van der Waals surface area (Å²) in [5, 5.41) is 16.3. The fraction of sp³-hybridized carbons (Fsp3) is 0.357. The number of nitrogens with zero attached hydrogens (tertiary/aromatic N) is 1. The van der Waals surface area contributed by atoms with E-state index in [2.05, 4.69) is 10.3 Å². The summed E-state index contributed by atoms with van der Waals surface area (Å²) in [7, 11) is 0. The topological polar surface area (TPSA) is 79.3 Å². The molecule has 2 N–H and O–H groups in total. The fourth-order valence-electron chi connectivity index (χ4n) is 1.91. The molecular formula is C14H16N2O3S2. The van der Waals surface area contributed by atoms with Gasteiger partial charge in [0, 0.05) is 10.9 Å². The average molecular weight is 324 g/mol. The van der Waals surface area contributed by atoms with Gasteiger partial charge in [0.25, 0.3) is 0 Å². The van der Waals surface area contributed by atoms with Crippen molar-refractivity contribution in [3.05, 3.63) is 28.6 Å². The van der Waals surface area contributed by atoms with Crippen LogP contribution in [0, 0.1) is 0 Å².